The number of aryl methyl sites for hydroxylation is 1. The lowest BCUT2D eigenvalue weighted by Gasteiger charge is -2.08. The summed E-state index contributed by atoms with van der Waals surface area (Å²) >= 11 is 5.28. The normalized spacial score (nSPS) is 10.6. The topological polar surface area (TPSA) is 59.7 Å². The number of thiocarbonyl (C=S) groups is 1. The molecule has 2 aromatic heterocycles. The van der Waals surface area contributed by atoms with E-state index in [1.807, 2.05) is 14.0 Å². The molecule has 0 aliphatic heterocycles. The van der Waals surface area contributed by atoms with Crippen LogP contribution in [0.15, 0.2) is 42.7 Å². The number of halogens is 1. The first-order chi connectivity index (χ1) is 11.5. The highest BCUT2D eigenvalue weighted by atomic mass is 32.1. The lowest BCUT2D eigenvalue weighted by molar-refractivity contribution is 0.586. The van der Waals surface area contributed by atoms with Crippen molar-refractivity contribution < 1.29 is 4.39 Å². The largest absolute Gasteiger partial charge is 0.330 e. The van der Waals surface area contributed by atoms with Crippen molar-refractivity contribution in [3.05, 3.63) is 59.8 Å². The predicted molar refractivity (Wildman–Crippen MR) is 95.5 cm³/mol. The average molecular weight is 344 g/mol. The predicted octanol–water partition coefficient (Wildman–Crippen LogP) is 2.92. The summed E-state index contributed by atoms with van der Waals surface area (Å²) in [4.78, 5) is 0. The molecule has 0 aliphatic rings. The maximum atomic E-state index is 13.7. The smallest absolute Gasteiger partial charge is 0.176 e. The van der Waals surface area contributed by atoms with Crippen LogP contribution in [-0.4, -0.2) is 24.7 Å². The van der Waals surface area contributed by atoms with Crippen molar-refractivity contribution in [3.8, 4) is 0 Å². The number of hydrogen-bond acceptors (Lipinski definition) is 3. The van der Waals surface area contributed by atoms with Crippen LogP contribution in [0.25, 0.3) is 0 Å². The Morgan fingerprint density at radius 3 is 2.75 bits per heavy atom. The molecule has 1 aromatic carbocycles. The first kappa shape index (κ1) is 16.1. The van der Waals surface area contributed by atoms with Crippen molar-refractivity contribution in [2.75, 3.05) is 10.6 Å². The molecule has 0 unspecified atom stereocenters. The van der Waals surface area contributed by atoms with E-state index in [-0.39, 0.29) is 5.82 Å². The molecule has 3 aromatic rings. The third kappa shape index (κ3) is 3.60. The van der Waals surface area contributed by atoms with Crippen molar-refractivity contribution in [2.24, 2.45) is 7.05 Å². The van der Waals surface area contributed by atoms with Crippen LogP contribution < -0.4 is 10.6 Å². The summed E-state index contributed by atoms with van der Waals surface area (Å²) in [6.07, 6.45) is 3.48. The molecule has 2 heterocycles. The van der Waals surface area contributed by atoms with Crippen LogP contribution in [0.1, 0.15) is 11.3 Å². The van der Waals surface area contributed by atoms with Gasteiger partial charge in [0, 0.05) is 24.9 Å². The minimum atomic E-state index is -0.244. The minimum Gasteiger partial charge on any atom is -0.330 e. The van der Waals surface area contributed by atoms with Gasteiger partial charge in [0.1, 0.15) is 5.82 Å². The average Bonchev–Trinajstić information content (AvgIpc) is 3.11. The van der Waals surface area contributed by atoms with Gasteiger partial charge in [-0.25, -0.2) is 4.39 Å². The highest BCUT2D eigenvalue weighted by Crippen LogP contribution is 2.13. The van der Waals surface area contributed by atoms with Gasteiger partial charge in [-0.05, 0) is 25.2 Å². The van der Waals surface area contributed by atoms with Crippen molar-refractivity contribution in [2.45, 2.75) is 13.5 Å². The highest BCUT2D eigenvalue weighted by Gasteiger charge is 2.08. The molecule has 0 amide bonds. The fourth-order valence-corrected chi connectivity index (χ4v) is 2.42. The van der Waals surface area contributed by atoms with Gasteiger partial charge in [-0.15, -0.1) is 0 Å². The quantitative estimate of drug-likeness (QED) is 0.713. The molecular formula is C16H17FN6S. The van der Waals surface area contributed by atoms with Gasteiger partial charge in [-0.3, -0.25) is 9.36 Å². The molecule has 0 saturated heterocycles. The van der Waals surface area contributed by atoms with Gasteiger partial charge in [0.2, 0.25) is 0 Å². The molecular weight excluding hydrogens is 327 g/mol. The van der Waals surface area contributed by atoms with E-state index in [1.54, 1.807) is 46.0 Å². The Bertz CT molecular complexity index is 869. The first-order valence-electron chi connectivity index (χ1n) is 7.36. The van der Waals surface area contributed by atoms with E-state index in [0.717, 1.165) is 11.4 Å². The summed E-state index contributed by atoms with van der Waals surface area (Å²) in [6.45, 7) is 2.30. The van der Waals surface area contributed by atoms with Crippen molar-refractivity contribution in [1.82, 2.24) is 19.6 Å². The first-order valence-corrected chi connectivity index (χ1v) is 7.77. The van der Waals surface area contributed by atoms with Crippen LogP contribution in [0.4, 0.5) is 15.9 Å². The Morgan fingerprint density at radius 2 is 2.04 bits per heavy atom. The van der Waals surface area contributed by atoms with Crippen LogP contribution in [-0.2, 0) is 13.6 Å². The molecule has 0 radical (unpaired) electrons. The van der Waals surface area contributed by atoms with Gasteiger partial charge in [-0.1, -0.05) is 18.2 Å². The lowest BCUT2D eigenvalue weighted by Crippen LogP contribution is -2.20. The Hall–Kier alpha value is -2.74. The van der Waals surface area contributed by atoms with Gasteiger partial charge in [0.15, 0.2) is 10.9 Å². The molecule has 2 N–H and O–H groups in total. The second kappa shape index (κ2) is 6.79. The number of benzene rings is 1. The maximum Gasteiger partial charge on any atom is 0.176 e. The Labute approximate surface area is 144 Å². The summed E-state index contributed by atoms with van der Waals surface area (Å²) in [7, 11) is 1.86. The number of nitrogens with one attached hydrogen (secondary N) is 2. The molecule has 0 atom stereocenters. The van der Waals surface area contributed by atoms with E-state index in [4.69, 9.17) is 12.2 Å². The molecule has 0 bridgehead atoms. The fraction of sp³-hybridized carbons (Fsp3) is 0.188. The molecule has 0 saturated carbocycles. The van der Waals surface area contributed by atoms with Gasteiger partial charge < -0.3 is 10.6 Å². The Balaban J connectivity index is 1.62. The van der Waals surface area contributed by atoms with Gasteiger partial charge in [-0.2, -0.15) is 10.2 Å². The molecule has 0 aliphatic carbocycles. The third-order valence-corrected chi connectivity index (χ3v) is 3.86. The van der Waals surface area contributed by atoms with Crippen molar-refractivity contribution in [3.63, 3.8) is 0 Å². The van der Waals surface area contributed by atoms with E-state index in [0.29, 0.717) is 23.0 Å². The molecule has 8 heteroatoms. The van der Waals surface area contributed by atoms with Crippen LogP contribution >= 0.6 is 12.2 Å². The number of anilines is 2. The number of rotatable bonds is 4. The van der Waals surface area contributed by atoms with E-state index < -0.39 is 0 Å². The highest BCUT2D eigenvalue weighted by molar-refractivity contribution is 7.80. The number of hydrogen-bond donors (Lipinski definition) is 2. The van der Waals surface area contributed by atoms with Crippen LogP contribution in [0, 0.1) is 12.7 Å². The van der Waals surface area contributed by atoms with E-state index in [9.17, 15) is 4.39 Å². The van der Waals surface area contributed by atoms with E-state index in [1.165, 1.54) is 6.07 Å². The summed E-state index contributed by atoms with van der Waals surface area (Å²) < 4.78 is 17.1. The Kier molecular flexibility index (Phi) is 4.57. The molecule has 0 spiro atoms. The molecule has 124 valence electrons. The maximum absolute atomic E-state index is 13.7. The second-order valence-electron chi connectivity index (χ2n) is 5.34. The minimum absolute atomic E-state index is 0.244. The van der Waals surface area contributed by atoms with Crippen LogP contribution in [0.3, 0.4) is 0 Å². The summed E-state index contributed by atoms with van der Waals surface area (Å²) in [5, 5.41) is 15.0. The van der Waals surface area contributed by atoms with E-state index in [2.05, 4.69) is 20.8 Å². The van der Waals surface area contributed by atoms with Crippen LogP contribution in [0.2, 0.25) is 0 Å². The van der Waals surface area contributed by atoms with Gasteiger partial charge >= 0.3 is 0 Å². The number of nitrogens with zero attached hydrogens (tertiary/aromatic N) is 4. The molecule has 3 rings (SSSR count). The molecule has 6 nitrogen and oxygen atoms in total. The van der Waals surface area contributed by atoms with Gasteiger partial charge in [0.05, 0.1) is 24.1 Å². The monoisotopic (exact) mass is 344 g/mol. The standard InChI is InChI=1S/C16H17FN6S/c1-11-14(9-18-22(11)2)19-16(24)20-15-7-8-23(21-15)10-12-5-3-4-6-13(12)17/h3-9H,10H2,1-2H3,(H2,19,20,21,24). The third-order valence-electron chi connectivity index (χ3n) is 3.66. The number of aromatic nitrogens is 4. The summed E-state index contributed by atoms with van der Waals surface area (Å²) in [5.74, 6) is 0.345. The van der Waals surface area contributed by atoms with Crippen molar-refractivity contribution >= 4 is 28.8 Å². The Morgan fingerprint density at radius 1 is 1.25 bits per heavy atom. The van der Waals surface area contributed by atoms with Crippen molar-refractivity contribution in [1.29, 1.82) is 0 Å². The SMILES string of the molecule is Cc1c(NC(=S)Nc2ccn(Cc3ccccc3F)n2)cnn1C. The lowest BCUT2D eigenvalue weighted by atomic mass is 10.2. The van der Waals surface area contributed by atoms with Gasteiger partial charge in [0.25, 0.3) is 0 Å². The fourth-order valence-electron chi connectivity index (χ4n) is 2.21. The zero-order valence-corrected chi connectivity index (χ0v) is 14.1. The molecule has 0 fully saturated rings. The summed E-state index contributed by atoms with van der Waals surface area (Å²) in [5.41, 5.74) is 2.39. The van der Waals surface area contributed by atoms with Crippen LogP contribution in [0.5, 0.6) is 0 Å². The summed E-state index contributed by atoms with van der Waals surface area (Å²) in [6, 6.07) is 8.43. The zero-order valence-electron chi connectivity index (χ0n) is 13.3. The zero-order chi connectivity index (χ0) is 17.1. The van der Waals surface area contributed by atoms with E-state index >= 15 is 0 Å². The second-order valence-corrected chi connectivity index (χ2v) is 5.74. The molecule has 24 heavy (non-hydrogen) atoms.